The normalized spacial score (nSPS) is 17.3. The second kappa shape index (κ2) is 6.33. The van der Waals surface area contributed by atoms with E-state index in [1.165, 1.54) is 4.31 Å². The van der Waals surface area contributed by atoms with Gasteiger partial charge in [0, 0.05) is 19.6 Å². The van der Waals surface area contributed by atoms with Gasteiger partial charge in [0.25, 0.3) is 0 Å². The Balaban J connectivity index is 2.15. The second-order valence-electron chi connectivity index (χ2n) is 4.31. The van der Waals surface area contributed by atoms with Gasteiger partial charge in [0.05, 0.1) is 18.9 Å². The van der Waals surface area contributed by atoms with Crippen molar-refractivity contribution in [2.45, 2.75) is 6.54 Å². The van der Waals surface area contributed by atoms with Gasteiger partial charge in [-0.05, 0) is 18.7 Å². The molecule has 0 aromatic heterocycles. The van der Waals surface area contributed by atoms with Crippen molar-refractivity contribution in [3.05, 3.63) is 29.8 Å². The first-order valence-electron chi connectivity index (χ1n) is 6.21. The van der Waals surface area contributed by atoms with Gasteiger partial charge in [0.15, 0.2) is 0 Å². The number of nitrogens with one attached hydrogen (secondary N) is 2. The molecule has 6 nitrogen and oxygen atoms in total. The maximum Gasteiger partial charge on any atom is 0.301 e. The van der Waals surface area contributed by atoms with Gasteiger partial charge < -0.3 is 10.1 Å². The fraction of sp³-hybridized carbons (Fsp3) is 0.500. The highest BCUT2D eigenvalue weighted by Crippen LogP contribution is 2.18. The molecule has 2 rings (SSSR count). The van der Waals surface area contributed by atoms with E-state index in [1.807, 2.05) is 25.2 Å². The summed E-state index contributed by atoms with van der Waals surface area (Å²) in [5, 5.41) is 3.02. The molecule has 1 aliphatic rings. The Morgan fingerprint density at radius 3 is 2.63 bits per heavy atom. The maximum absolute atomic E-state index is 12.3. The summed E-state index contributed by atoms with van der Waals surface area (Å²) >= 11 is 0. The van der Waals surface area contributed by atoms with E-state index < -0.39 is 10.2 Å². The summed E-state index contributed by atoms with van der Waals surface area (Å²) in [5.41, 5.74) is 1.53. The third-order valence-electron chi connectivity index (χ3n) is 2.93. The smallest absolute Gasteiger partial charge is 0.301 e. The quantitative estimate of drug-likeness (QED) is 0.821. The van der Waals surface area contributed by atoms with Gasteiger partial charge in [-0.15, -0.1) is 0 Å². The van der Waals surface area contributed by atoms with Crippen LogP contribution >= 0.6 is 0 Å². The zero-order valence-corrected chi connectivity index (χ0v) is 11.7. The Bertz CT molecular complexity index is 513. The summed E-state index contributed by atoms with van der Waals surface area (Å²) < 4.78 is 33.7. The number of hydrogen-bond acceptors (Lipinski definition) is 4. The van der Waals surface area contributed by atoms with Gasteiger partial charge in [-0.25, -0.2) is 0 Å². The molecule has 106 valence electrons. The van der Waals surface area contributed by atoms with Gasteiger partial charge in [-0.3, -0.25) is 4.72 Å². The molecule has 0 aliphatic carbocycles. The lowest BCUT2D eigenvalue weighted by Crippen LogP contribution is -2.43. The van der Waals surface area contributed by atoms with Crippen LogP contribution in [0.3, 0.4) is 0 Å². The molecule has 0 saturated carbocycles. The van der Waals surface area contributed by atoms with Crippen LogP contribution < -0.4 is 10.0 Å². The van der Waals surface area contributed by atoms with Crippen LogP contribution in [0, 0.1) is 0 Å². The minimum Gasteiger partial charge on any atom is -0.379 e. The number of ether oxygens (including phenoxy) is 1. The predicted octanol–water partition coefficient (Wildman–Crippen LogP) is 0.395. The molecule has 0 unspecified atom stereocenters. The first-order chi connectivity index (χ1) is 9.13. The molecule has 1 aromatic rings. The first-order valence-corrected chi connectivity index (χ1v) is 7.65. The van der Waals surface area contributed by atoms with Crippen LogP contribution in [0.4, 0.5) is 5.69 Å². The van der Waals surface area contributed by atoms with Crippen molar-refractivity contribution in [1.29, 1.82) is 0 Å². The highest BCUT2D eigenvalue weighted by atomic mass is 32.2. The maximum atomic E-state index is 12.3. The molecule has 1 fully saturated rings. The van der Waals surface area contributed by atoms with E-state index in [0.717, 1.165) is 5.56 Å². The van der Waals surface area contributed by atoms with Crippen molar-refractivity contribution in [2.75, 3.05) is 38.1 Å². The highest BCUT2D eigenvalue weighted by Gasteiger charge is 2.24. The van der Waals surface area contributed by atoms with Crippen molar-refractivity contribution in [2.24, 2.45) is 0 Å². The summed E-state index contributed by atoms with van der Waals surface area (Å²) in [4.78, 5) is 0. The van der Waals surface area contributed by atoms with Crippen LogP contribution in [0.1, 0.15) is 5.56 Å². The van der Waals surface area contributed by atoms with Crippen LogP contribution in [0.25, 0.3) is 0 Å². The average molecular weight is 285 g/mol. The van der Waals surface area contributed by atoms with Crippen molar-refractivity contribution in [3.63, 3.8) is 0 Å². The fourth-order valence-corrected chi connectivity index (χ4v) is 3.19. The fourth-order valence-electron chi connectivity index (χ4n) is 1.95. The Hall–Kier alpha value is -1.15. The number of morpholine rings is 1. The van der Waals surface area contributed by atoms with E-state index in [1.54, 1.807) is 6.07 Å². The zero-order chi connectivity index (χ0) is 13.7. The van der Waals surface area contributed by atoms with Crippen LogP contribution in [-0.4, -0.2) is 46.1 Å². The lowest BCUT2D eigenvalue weighted by atomic mass is 10.2. The molecule has 1 aromatic carbocycles. The second-order valence-corrected chi connectivity index (χ2v) is 5.98. The largest absolute Gasteiger partial charge is 0.379 e. The van der Waals surface area contributed by atoms with E-state index in [0.29, 0.717) is 38.5 Å². The van der Waals surface area contributed by atoms with Crippen molar-refractivity contribution in [3.8, 4) is 0 Å². The van der Waals surface area contributed by atoms with Crippen LogP contribution in [0.5, 0.6) is 0 Å². The lowest BCUT2D eigenvalue weighted by molar-refractivity contribution is 0.0733. The molecular weight excluding hydrogens is 266 g/mol. The monoisotopic (exact) mass is 285 g/mol. The summed E-state index contributed by atoms with van der Waals surface area (Å²) in [6, 6.07) is 7.37. The number of nitrogens with zero attached hydrogens (tertiary/aromatic N) is 1. The third kappa shape index (κ3) is 3.66. The Morgan fingerprint density at radius 2 is 1.95 bits per heavy atom. The molecule has 0 atom stereocenters. The summed E-state index contributed by atoms with van der Waals surface area (Å²) in [6.45, 7) is 2.28. The summed E-state index contributed by atoms with van der Waals surface area (Å²) in [5.74, 6) is 0. The van der Waals surface area contributed by atoms with Crippen molar-refractivity contribution < 1.29 is 13.2 Å². The van der Waals surface area contributed by atoms with Crippen LogP contribution in [0.15, 0.2) is 24.3 Å². The Labute approximate surface area is 113 Å². The minimum absolute atomic E-state index is 0.392. The topological polar surface area (TPSA) is 70.7 Å². The predicted molar refractivity (Wildman–Crippen MR) is 74.1 cm³/mol. The minimum atomic E-state index is -3.50. The number of benzene rings is 1. The van der Waals surface area contributed by atoms with Gasteiger partial charge in [0.1, 0.15) is 0 Å². The third-order valence-corrected chi connectivity index (χ3v) is 4.46. The lowest BCUT2D eigenvalue weighted by Gasteiger charge is -2.26. The molecule has 0 radical (unpaired) electrons. The Kier molecular flexibility index (Phi) is 4.76. The van der Waals surface area contributed by atoms with Gasteiger partial charge in [-0.1, -0.05) is 18.2 Å². The summed E-state index contributed by atoms with van der Waals surface area (Å²) in [6.07, 6.45) is 0. The zero-order valence-electron chi connectivity index (χ0n) is 10.9. The molecule has 1 heterocycles. The van der Waals surface area contributed by atoms with Crippen LogP contribution in [-0.2, 0) is 21.5 Å². The number of para-hydroxylation sites is 1. The van der Waals surface area contributed by atoms with Gasteiger partial charge >= 0.3 is 10.2 Å². The molecular formula is C12H19N3O3S. The van der Waals surface area contributed by atoms with E-state index in [4.69, 9.17) is 4.74 Å². The number of hydrogen-bond donors (Lipinski definition) is 2. The van der Waals surface area contributed by atoms with Gasteiger partial charge in [0.2, 0.25) is 0 Å². The first kappa shape index (κ1) is 14.3. The van der Waals surface area contributed by atoms with Crippen molar-refractivity contribution >= 4 is 15.9 Å². The SMILES string of the molecule is CNCc1ccccc1NS(=O)(=O)N1CCOCC1. The Morgan fingerprint density at radius 1 is 1.26 bits per heavy atom. The van der Waals surface area contributed by atoms with Crippen LogP contribution in [0.2, 0.25) is 0 Å². The van der Waals surface area contributed by atoms with E-state index in [9.17, 15) is 8.42 Å². The van der Waals surface area contributed by atoms with E-state index in [2.05, 4.69) is 10.0 Å². The molecule has 19 heavy (non-hydrogen) atoms. The molecule has 0 spiro atoms. The van der Waals surface area contributed by atoms with Crippen molar-refractivity contribution in [1.82, 2.24) is 9.62 Å². The molecule has 1 aliphatic heterocycles. The van der Waals surface area contributed by atoms with Gasteiger partial charge in [-0.2, -0.15) is 12.7 Å². The summed E-state index contributed by atoms with van der Waals surface area (Å²) in [7, 11) is -1.68. The van der Waals surface area contributed by atoms with E-state index in [-0.39, 0.29) is 0 Å². The molecule has 0 bridgehead atoms. The molecule has 1 saturated heterocycles. The molecule has 0 amide bonds. The van der Waals surface area contributed by atoms with E-state index >= 15 is 0 Å². The molecule has 7 heteroatoms. The standard InChI is InChI=1S/C12H19N3O3S/c1-13-10-11-4-2-3-5-12(11)14-19(16,17)15-6-8-18-9-7-15/h2-5,13-14H,6-10H2,1H3. The molecule has 2 N–H and O–H groups in total. The average Bonchev–Trinajstić information content (AvgIpc) is 2.42. The number of rotatable bonds is 5. The number of anilines is 1. The highest BCUT2D eigenvalue weighted by molar-refractivity contribution is 7.90.